The second-order valence-corrected chi connectivity index (χ2v) is 10.5. The van der Waals surface area contributed by atoms with Crippen molar-refractivity contribution in [2.45, 2.75) is 65.3 Å². The molecule has 0 saturated carbocycles. The van der Waals surface area contributed by atoms with Crippen LogP contribution >= 0.6 is 11.6 Å². The molecule has 170 valence electrons. The number of carbonyl (C=O) groups is 2. The summed E-state index contributed by atoms with van der Waals surface area (Å²) in [6, 6.07) is 5.15. The van der Waals surface area contributed by atoms with Gasteiger partial charge in [0.25, 0.3) is 5.91 Å². The van der Waals surface area contributed by atoms with Gasteiger partial charge in [-0.15, -0.1) is 0 Å². The maximum absolute atomic E-state index is 13.1. The van der Waals surface area contributed by atoms with E-state index < -0.39 is 23.9 Å². The smallest absolute Gasteiger partial charge is 0.444 e. The van der Waals surface area contributed by atoms with E-state index in [2.05, 4.69) is 0 Å². The number of amides is 2. The topological polar surface area (TPSA) is 68.3 Å². The van der Waals surface area contributed by atoms with Crippen LogP contribution in [0.15, 0.2) is 18.2 Å². The monoisotopic (exact) mass is 450 g/mol. The van der Waals surface area contributed by atoms with E-state index in [9.17, 15) is 9.59 Å². The quantitative estimate of drug-likeness (QED) is 0.647. The Labute approximate surface area is 190 Å². The molecule has 2 fully saturated rings. The number of benzene rings is 1. The van der Waals surface area contributed by atoms with Crippen molar-refractivity contribution in [1.29, 1.82) is 0 Å². The molecule has 0 bridgehead atoms. The molecule has 7 nitrogen and oxygen atoms in total. The highest BCUT2D eigenvalue weighted by atomic mass is 35.5. The lowest BCUT2D eigenvalue weighted by Crippen LogP contribution is -2.51. The van der Waals surface area contributed by atoms with Gasteiger partial charge >= 0.3 is 13.2 Å². The molecule has 2 saturated heterocycles. The molecule has 1 aromatic rings. The summed E-state index contributed by atoms with van der Waals surface area (Å²) >= 11 is 6.42. The van der Waals surface area contributed by atoms with Crippen LogP contribution in [0.5, 0.6) is 0 Å². The molecule has 0 aliphatic carbocycles. The number of nitrogens with zero attached hydrogens (tertiary/aromatic N) is 2. The van der Waals surface area contributed by atoms with Crippen molar-refractivity contribution in [3.63, 3.8) is 0 Å². The lowest BCUT2D eigenvalue weighted by Gasteiger charge is -2.35. The van der Waals surface area contributed by atoms with E-state index in [-0.39, 0.29) is 12.0 Å². The molecule has 3 rings (SSSR count). The number of rotatable bonds is 2. The molecule has 0 radical (unpaired) electrons. The van der Waals surface area contributed by atoms with E-state index in [4.69, 9.17) is 25.6 Å². The summed E-state index contributed by atoms with van der Waals surface area (Å²) in [4.78, 5) is 28.7. The SMILES string of the molecule is CC(C)(C)OC(=O)N1CCN(C(=O)c2ccc(Cl)c(B3OC(C)(C)C(C)(C)O3)c2)CC1. The van der Waals surface area contributed by atoms with Gasteiger partial charge in [0.2, 0.25) is 0 Å². The fourth-order valence-electron chi connectivity index (χ4n) is 3.43. The number of halogens is 1. The van der Waals surface area contributed by atoms with E-state index in [0.29, 0.717) is 42.2 Å². The molecular weight excluding hydrogens is 419 g/mol. The Kier molecular flexibility index (Phi) is 6.40. The van der Waals surface area contributed by atoms with E-state index >= 15 is 0 Å². The first-order chi connectivity index (χ1) is 14.2. The van der Waals surface area contributed by atoms with Crippen LogP contribution in [0.1, 0.15) is 58.8 Å². The van der Waals surface area contributed by atoms with Gasteiger partial charge in [-0.3, -0.25) is 4.79 Å². The molecule has 0 atom stereocenters. The van der Waals surface area contributed by atoms with Gasteiger partial charge in [-0.1, -0.05) is 11.6 Å². The van der Waals surface area contributed by atoms with Crippen molar-refractivity contribution < 1.29 is 23.6 Å². The Balaban J connectivity index is 1.69. The van der Waals surface area contributed by atoms with Gasteiger partial charge in [-0.2, -0.15) is 0 Å². The molecule has 0 spiro atoms. The molecule has 0 aromatic heterocycles. The van der Waals surface area contributed by atoms with Crippen molar-refractivity contribution in [2.24, 2.45) is 0 Å². The summed E-state index contributed by atoms with van der Waals surface area (Å²) in [6.45, 7) is 15.1. The molecule has 31 heavy (non-hydrogen) atoms. The Morgan fingerprint density at radius 3 is 2.03 bits per heavy atom. The van der Waals surface area contributed by atoms with Gasteiger partial charge in [0.05, 0.1) is 11.2 Å². The second-order valence-electron chi connectivity index (χ2n) is 10.1. The molecule has 0 N–H and O–H groups in total. The minimum Gasteiger partial charge on any atom is -0.444 e. The minimum atomic E-state index is -0.644. The Morgan fingerprint density at radius 2 is 1.52 bits per heavy atom. The number of carbonyl (C=O) groups excluding carboxylic acids is 2. The maximum atomic E-state index is 13.1. The predicted molar refractivity (Wildman–Crippen MR) is 121 cm³/mol. The van der Waals surface area contributed by atoms with Gasteiger partial charge in [-0.05, 0) is 66.7 Å². The summed E-state index contributed by atoms with van der Waals surface area (Å²) in [5.41, 5.74) is -0.395. The molecule has 2 heterocycles. The largest absolute Gasteiger partial charge is 0.496 e. The second kappa shape index (κ2) is 8.30. The third kappa shape index (κ3) is 5.18. The van der Waals surface area contributed by atoms with Crippen LogP contribution in [0.4, 0.5) is 4.79 Å². The number of ether oxygens (including phenoxy) is 1. The van der Waals surface area contributed by atoms with Crippen LogP contribution in [-0.2, 0) is 14.0 Å². The van der Waals surface area contributed by atoms with Crippen molar-refractivity contribution in [3.8, 4) is 0 Å². The fraction of sp³-hybridized carbons (Fsp3) is 0.636. The fourth-order valence-corrected chi connectivity index (χ4v) is 3.64. The molecule has 0 unspecified atom stereocenters. The summed E-state index contributed by atoms with van der Waals surface area (Å²) in [7, 11) is -0.644. The zero-order chi connectivity index (χ0) is 23.2. The Hall–Kier alpha value is -1.77. The lowest BCUT2D eigenvalue weighted by atomic mass is 9.78. The average molecular weight is 451 g/mol. The van der Waals surface area contributed by atoms with E-state index in [1.54, 1.807) is 28.0 Å². The molecule has 9 heteroatoms. The Bertz CT molecular complexity index is 844. The standard InChI is InChI=1S/C22H32BClN2O5/c1-20(2,3)29-19(28)26-12-10-25(11-13-26)18(27)15-8-9-17(24)16(14-15)23-30-21(4,5)22(6,7)31-23/h8-9,14H,10-13H2,1-7H3. The Morgan fingerprint density at radius 1 is 1.00 bits per heavy atom. The summed E-state index contributed by atoms with van der Waals surface area (Å²) in [5.74, 6) is -0.113. The maximum Gasteiger partial charge on any atom is 0.496 e. The normalized spacial score (nSPS) is 20.7. The van der Waals surface area contributed by atoms with Crippen molar-refractivity contribution in [3.05, 3.63) is 28.8 Å². The van der Waals surface area contributed by atoms with Crippen LogP contribution in [0, 0.1) is 0 Å². The van der Waals surface area contributed by atoms with E-state index in [1.807, 2.05) is 48.5 Å². The predicted octanol–water partition coefficient (Wildman–Crippen LogP) is 3.33. The summed E-state index contributed by atoms with van der Waals surface area (Å²) < 4.78 is 17.6. The highest BCUT2D eigenvalue weighted by Crippen LogP contribution is 2.37. The van der Waals surface area contributed by atoms with Crippen molar-refractivity contribution >= 4 is 36.2 Å². The molecular formula is C22H32BClN2O5. The molecule has 2 amide bonds. The summed E-state index contributed by atoms with van der Waals surface area (Å²) in [6.07, 6.45) is -0.353. The number of hydrogen-bond acceptors (Lipinski definition) is 5. The van der Waals surface area contributed by atoms with Gasteiger partial charge < -0.3 is 23.8 Å². The van der Waals surface area contributed by atoms with Crippen LogP contribution in [0.3, 0.4) is 0 Å². The zero-order valence-corrected chi connectivity index (χ0v) is 20.2. The molecule has 2 aliphatic heterocycles. The van der Waals surface area contributed by atoms with Crippen LogP contribution in [0.2, 0.25) is 5.02 Å². The van der Waals surface area contributed by atoms with Crippen molar-refractivity contribution in [1.82, 2.24) is 9.80 Å². The van der Waals surface area contributed by atoms with Gasteiger partial charge in [0, 0.05) is 42.2 Å². The number of hydrogen-bond donors (Lipinski definition) is 0. The van der Waals surface area contributed by atoms with Gasteiger partial charge in [-0.25, -0.2) is 4.79 Å². The number of piperazine rings is 1. The van der Waals surface area contributed by atoms with Crippen LogP contribution in [0.25, 0.3) is 0 Å². The molecule has 2 aliphatic rings. The average Bonchev–Trinajstić information content (AvgIpc) is 2.87. The third-order valence-electron chi connectivity index (χ3n) is 5.97. The van der Waals surface area contributed by atoms with Crippen LogP contribution < -0.4 is 5.46 Å². The van der Waals surface area contributed by atoms with Gasteiger partial charge in [0.1, 0.15) is 5.60 Å². The van der Waals surface area contributed by atoms with Crippen molar-refractivity contribution in [2.75, 3.05) is 26.2 Å². The van der Waals surface area contributed by atoms with Crippen LogP contribution in [-0.4, -0.2) is 71.9 Å². The van der Waals surface area contributed by atoms with E-state index in [0.717, 1.165) is 0 Å². The zero-order valence-electron chi connectivity index (χ0n) is 19.5. The molecule has 1 aromatic carbocycles. The highest BCUT2D eigenvalue weighted by molar-refractivity contribution is 6.65. The first-order valence-corrected chi connectivity index (χ1v) is 11.0. The summed E-state index contributed by atoms with van der Waals surface area (Å²) in [5, 5.41) is 0.491. The minimum absolute atomic E-state index is 0.113. The first-order valence-electron chi connectivity index (χ1n) is 10.6. The lowest BCUT2D eigenvalue weighted by molar-refractivity contribution is 0.00578. The van der Waals surface area contributed by atoms with E-state index in [1.165, 1.54) is 0 Å². The third-order valence-corrected chi connectivity index (χ3v) is 6.31. The van der Waals surface area contributed by atoms with Gasteiger partial charge in [0.15, 0.2) is 0 Å². The first kappa shape index (κ1) is 23.9. The highest BCUT2D eigenvalue weighted by Gasteiger charge is 2.52.